The van der Waals surface area contributed by atoms with Crippen LogP contribution in [0, 0.1) is 0 Å². The van der Waals surface area contributed by atoms with Gasteiger partial charge in [0.05, 0.1) is 0 Å². The van der Waals surface area contributed by atoms with Gasteiger partial charge in [0.25, 0.3) is 0 Å². The smallest absolute Gasteiger partial charge is 0.242 e. The Bertz CT molecular complexity index is 449. The summed E-state index contributed by atoms with van der Waals surface area (Å²) in [5, 5.41) is 3.47. The molecule has 0 saturated carbocycles. The van der Waals surface area contributed by atoms with Gasteiger partial charge in [0.1, 0.15) is 6.54 Å². The molecular weight excluding hydrogens is 264 g/mol. The van der Waals surface area contributed by atoms with E-state index in [2.05, 4.69) is 43.4 Å². The molecule has 118 valence electrons. The molecule has 0 bridgehead atoms. The van der Waals surface area contributed by atoms with Crippen molar-refractivity contribution in [3.63, 3.8) is 0 Å². The molecule has 2 heterocycles. The van der Waals surface area contributed by atoms with Crippen molar-refractivity contribution in [2.45, 2.75) is 32.9 Å². The molecule has 0 radical (unpaired) electrons. The highest BCUT2D eigenvalue weighted by atomic mass is 16.2. The van der Waals surface area contributed by atoms with Crippen molar-refractivity contribution in [3.05, 3.63) is 24.0 Å². The van der Waals surface area contributed by atoms with Crippen LogP contribution in [0.15, 0.2) is 18.5 Å². The minimum atomic E-state index is 0.222. The number of nitrogens with zero attached hydrogens (tertiary/aromatic N) is 3. The Balaban J connectivity index is 1.85. The number of hydrogen-bond donors (Lipinski definition) is 1. The summed E-state index contributed by atoms with van der Waals surface area (Å²) in [7, 11) is 2.10. The zero-order chi connectivity index (χ0) is 15.2. The minimum absolute atomic E-state index is 0.222. The van der Waals surface area contributed by atoms with Gasteiger partial charge in [-0.2, -0.15) is 0 Å². The maximum Gasteiger partial charge on any atom is 0.242 e. The molecule has 1 amide bonds. The number of aromatic nitrogens is 1. The first-order valence-electron chi connectivity index (χ1n) is 7.95. The second-order valence-electron chi connectivity index (χ2n) is 5.98. The summed E-state index contributed by atoms with van der Waals surface area (Å²) in [4.78, 5) is 16.5. The van der Waals surface area contributed by atoms with E-state index in [1.165, 1.54) is 5.56 Å². The number of carbonyl (C=O) groups excluding carboxylic acids is 1. The average Bonchev–Trinajstić information content (AvgIpc) is 2.94. The third kappa shape index (κ3) is 4.58. The minimum Gasteiger partial charge on any atom is -0.345 e. The predicted molar refractivity (Wildman–Crippen MR) is 85.2 cm³/mol. The molecule has 2 rings (SSSR count). The van der Waals surface area contributed by atoms with Crippen molar-refractivity contribution in [1.29, 1.82) is 0 Å². The molecule has 1 atom stereocenters. The van der Waals surface area contributed by atoms with Crippen LogP contribution in [0.5, 0.6) is 0 Å². The summed E-state index contributed by atoms with van der Waals surface area (Å²) >= 11 is 0. The molecule has 5 heteroatoms. The van der Waals surface area contributed by atoms with Gasteiger partial charge >= 0.3 is 0 Å². The molecule has 0 spiro atoms. The van der Waals surface area contributed by atoms with E-state index >= 15 is 0 Å². The lowest BCUT2D eigenvalue weighted by Crippen LogP contribution is -2.48. The van der Waals surface area contributed by atoms with Crippen molar-refractivity contribution in [1.82, 2.24) is 19.7 Å². The Morgan fingerprint density at radius 2 is 2.05 bits per heavy atom. The second-order valence-corrected chi connectivity index (χ2v) is 5.98. The lowest BCUT2D eigenvalue weighted by molar-refractivity contribution is -0.133. The number of piperazine rings is 1. The van der Waals surface area contributed by atoms with E-state index in [1.54, 1.807) is 0 Å². The number of likely N-dealkylation sites (N-methyl/N-ethyl adjacent to an activating group) is 1. The largest absolute Gasteiger partial charge is 0.345 e. The van der Waals surface area contributed by atoms with Crippen LogP contribution < -0.4 is 5.32 Å². The van der Waals surface area contributed by atoms with E-state index in [0.29, 0.717) is 12.6 Å². The van der Waals surface area contributed by atoms with Crippen LogP contribution in [0.3, 0.4) is 0 Å². The summed E-state index contributed by atoms with van der Waals surface area (Å²) in [6.07, 6.45) is 5.22. The predicted octanol–water partition coefficient (Wildman–Crippen LogP) is 1.32. The Hall–Kier alpha value is -1.33. The van der Waals surface area contributed by atoms with Crippen molar-refractivity contribution in [2.75, 3.05) is 39.8 Å². The van der Waals surface area contributed by atoms with Crippen LogP contribution >= 0.6 is 0 Å². The van der Waals surface area contributed by atoms with Crippen molar-refractivity contribution in [2.24, 2.45) is 0 Å². The Morgan fingerprint density at radius 1 is 1.33 bits per heavy atom. The van der Waals surface area contributed by atoms with E-state index in [-0.39, 0.29) is 5.91 Å². The zero-order valence-electron chi connectivity index (χ0n) is 13.5. The molecule has 1 aliphatic heterocycles. The number of rotatable bonds is 6. The standard InChI is InChI=1S/C16H28N4O/c1-4-6-17-14(2)15-5-7-19(12-15)13-16(21)20-10-8-18(3)9-11-20/h5,7,12,14,17H,4,6,8-11,13H2,1-3H3. The molecule has 0 aromatic carbocycles. The number of nitrogens with one attached hydrogen (secondary N) is 1. The van der Waals surface area contributed by atoms with Crippen molar-refractivity contribution in [3.8, 4) is 0 Å². The Labute approximate surface area is 127 Å². The topological polar surface area (TPSA) is 40.5 Å². The number of amides is 1. The van der Waals surface area contributed by atoms with Gasteiger partial charge in [0.2, 0.25) is 5.91 Å². The molecule has 1 aromatic heterocycles. The third-order valence-electron chi connectivity index (χ3n) is 4.15. The first kappa shape index (κ1) is 16.0. The number of carbonyl (C=O) groups is 1. The van der Waals surface area contributed by atoms with E-state index in [4.69, 9.17) is 0 Å². The van der Waals surface area contributed by atoms with Gasteiger partial charge in [-0.05, 0) is 38.6 Å². The van der Waals surface area contributed by atoms with Crippen LogP contribution in [0.1, 0.15) is 31.9 Å². The molecule has 1 saturated heterocycles. The van der Waals surface area contributed by atoms with Crippen LogP contribution in [-0.2, 0) is 11.3 Å². The fraction of sp³-hybridized carbons (Fsp3) is 0.688. The first-order valence-corrected chi connectivity index (χ1v) is 7.95. The Kier molecular flexibility index (Phi) is 5.82. The van der Waals surface area contributed by atoms with Gasteiger partial charge in [-0.15, -0.1) is 0 Å². The van der Waals surface area contributed by atoms with E-state index < -0.39 is 0 Å². The third-order valence-corrected chi connectivity index (χ3v) is 4.15. The second kappa shape index (κ2) is 7.61. The molecule has 1 N–H and O–H groups in total. The highest BCUT2D eigenvalue weighted by Crippen LogP contribution is 2.13. The fourth-order valence-corrected chi connectivity index (χ4v) is 2.60. The molecular formula is C16H28N4O. The van der Waals surface area contributed by atoms with Crippen LogP contribution in [-0.4, -0.2) is 60.0 Å². The van der Waals surface area contributed by atoms with Gasteiger partial charge in [0.15, 0.2) is 0 Å². The van der Waals surface area contributed by atoms with Gasteiger partial charge < -0.3 is 19.7 Å². The maximum atomic E-state index is 12.3. The maximum absolute atomic E-state index is 12.3. The normalized spacial score (nSPS) is 18.0. The first-order chi connectivity index (χ1) is 10.1. The van der Waals surface area contributed by atoms with Gasteiger partial charge in [0, 0.05) is 44.6 Å². The van der Waals surface area contributed by atoms with Gasteiger partial charge in [-0.1, -0.05) is 6.92 Å². The van der Waals surface area contributed by atoms with E-state index in [0.717, 1.165) is 39.1 Å². The quantitative estimate of drug-likeness (QED) is 0.860. The van der Waals surface area contributed by atoms with Crippen LogP contribution in [0.4, 0.5) is 0 Å². The monoisotopic (exact) mass is 292 g/mol. The molecule has 21 heavy (non-hydrogen) atoms. The summed E-state index contributed by atoms with van der Waals surface area (Å²) in [5.74, 6) is 0.222. The van der Waals surface area contributed by atoms with E-state index in [9.17, 15) is 4.79 Å². The average molecular weight is 292 g/mol. The van der Waals surface area contributed by atoms with Crippen LogP contribution in [0.2, 0.25) is 0 Å². The Morgan fingerprint density at radius 3 is 2.71 bits per heavy atom. The van der Waals surface area contributed by atoms with Crippen LogP contribution in [0.25, 0.3) is 0 Å². The summed E-state index contributed by atoms with van der Waals surface area (Å²) in [6.45, 7) is 9.44. The lowest BCUT2D eigenvalue weighted by Gasteiger charge is -2.32. The number of hydrogen-bond acceptors (Lipinski definition) is 3. The SMILES string of the molecule is CCCNC(C)c1ccn(CC(=O)N2CCN(C)CC2)c1. The molecule has 1 aromatic rings. The molecule has 1 fully saturated rings. The fourth-order valence-electron chi connectivity index (χ4n) is 2.60. The molecule has 0 aliphatic carbocycles. The summed E-state index contributed by atoms with van der Waals surface area (Å²) in [6, 6.07) is 2.44. The van der Waals surface area contributed by atoms with E-state index in [1.807, 2.05) is 15.7 Å². The zero-order valence-corrected chi connectivity index (χ0v) is 13.5. The van der Waals surface area contributed by atoms with Crippen molar-refractivity contribution >= 4 is 5.91 Å². The summed E-state index contributed by atoms with van der Waals surface area (Å²) < 4.78 is 2.00. The van der Waals surface area contributed by atoms with Crippen molar-refractivity contribution < 1.29 is 4.79 Å². The lowest BCUT2D eigenvalue weighted by atomic mass is 10.2. The highest BCUT2D eigenvalue weighted by Gasteiger charge is 2.19. The highest BCUT2D eigenvalue weighted by molar-refractivity contribution is 5.76. The van der Waals surface area contributed by atoms with Gasteiger partial charge in [-0.25, -0.2) is 0 Å². The summed E-state index contributed by atoms with van der Waals surface area (Å²) in [5.41, 5.74) is 1.25. The van der Waals surface area contributed by atoms with Gasteiger partial charge in [-0.3, -0.25) is 4.79 Å². The molecule has 5 nitrogen and oxygen atoms in total. The molecule has 1 unspecified atom stereocenters. The molecule has 1 aliphatic rings.